The molecule has 1 aliphatic heterocycles. The van der Waals surface area contributed by atoms with Crippen LogP contribution in [0.4, 0.5) is 5.69 Å². The van der Waals surface area contributed by atoms with Gasteiger partial charge >= 0.3 is 0 Å². The standard InChI is InChI=1S/C25H21N5O3/c1-2-22(31)29-14-19(15-29)30-13-12-21-23(30)25(27-16-26-21)33-20-10-8-18(9-11-20)28-24(32)17-6-4-3-5-7-17/h2-13,16,19H,1,14-15H2,(H,28,32). The van der Waals surface area contributed by atoms with Crippen molar-refractivity contribution >= 4 is 28.5 Å². The number of anilines is 1. The molecule has 8 nitrogen and oxygen atoms in total. The number of hydrogen-bond donors (Lipinski definition) is 1. The van der Waals surface area contributed by atoms with Crippen LogP contribution in [0.1, 0.15) is 16.4 Å². The van der Waals surface area contributed by atoms with Crippen LogP contribution in [0, 0.1) is 0 Å². The Bertz CT molecular complexity index is 1330. The summed E-state index contributed by atoms with van der Waals surface area (Å²) >= 11 is 0. The van der Waals surface area contributed by atoms with E-state index >= 15 is 0 Å². The summed E-state index contributed by atoms with van der Waals surface area (Å²) < 4.78 is 8.12. The van der Waals surface area contributed by atoms with Crippen molar-refractivity contribution in [2.24, 2.45) is 0 Å². The lowest BCUT2D eigenvalue weighted by Crippen LogP contribution is -2.49. The van der Waals surface area contributed by atoms with Gasteiger partial charge in [-0.2, -0.15) is 4.98 Å². The van der Waals surface area contributed by atoms with Crippen molar-refractivity contribution in [2.75, 3.05) is 18.4 Å². The van der Waals surface area contributed by atoms with Gasteiger partial charge in [0.05, 0.1) is 11.6 Å². The molecule has 4 aromatic rings. The van der Waals surface area contributed by atoms with Crippen LogP contribution in [0.2, 0.25) is 0 Å². The zero-order valence-corrected chi connectivity index (χ0v) is 17.7. The molecule has 2 aromatic heterocycles. The van der Waals surface area contributed by atoms with Crippen LogP contribution in [0.5, 0.6) is 11.6 Å². The molecule has 1 saturated heterocycles. The highest BCUT2D eigenvalue weighted by atomic mass is 16.5. The normalized spacial score (nSPS) is 13.4. The molecular weight excluding hydrogens is 418 g/mol. The molecule has 0 spiro atoms. The monoisotopic (exact) mass is 439 g/mol. The number of rotatable bonds is 6. The van der Waals surface area contributed by atoms with Gasteiger partial charge in [0.15, 0.2) is 0 Å². The van der Waals surface area contributed by atoms with Crippen molar-refractivity contribution in [1.82, 2.24) is 19.4 Å². The molecule has 1 aliphatic rings. The van der Waals surface area contributed by atoms with Gasteiger partial charge in [0.2, 0.25) is 11.8 Å². The Balaban J connectivity index is 1.32. The molecule has 33 heavy (non-hydrogen) atoms. The number of likely N-dealkylation sites (tertiary alicyclic amines) is 1. The predicted octanol–water partition coefficient (Wildman–Crippen LogP) is 4.05. The minimum atomic E-state index is -0.177. The molecule has 0 bridgehead atoms. The Morgan fingerprint density at radius 2 is 1.79 bits per heavy atom. The lowest BCUT2D eigenvalue weighted by atomic mass is 10.1. The van der Waals surface area contributed by atoms with Gasteiger partial charge in [0, 0.05) is 30.5 Å². The number of fused-ring (bicyclic) bond motifs is 1. The summed E-state index contributed by atoms with van der Waals surface area (Å²) in [4.78, 5) is 34.5. The molecule has 0 radical (unpaired) electrons. The van der Waals surface area contributed by atoms with Gasteiger partial charge in [-0.25, -0.2) is 4.98 Å². The second kappa shape index (κ2) is 8.58. The number of hydrogen-bond acceptors (Lipinski definition) is 5. The van der Waals surface area contributed by atoms with Crippen LogP contribution in [0.25, 0.3) is 11.0 Å². The van der Waals surface area contributed by atoms with Crippen LogP contribution in [-0.4, -0.2) is 44.3 Å². The van der Waals surface area contributed by atoms with Crippen LogP contribution in [-0.2, 0) is 4.79 Å². The van der Waals surface area contributed by atoms with E-state index in [1.165, 1.54) is 12.4 Å². The average Bonchev–Trinajstić information content (AvgIpc) is 3.24. The fraction of sp³-hybridized carbons (Fsp3) is 0.120. The fourth-order valence-electron chi connectivity index (χ4n) is 3.80. The number of nitrogens with zero attached hydrogens (tertiary/aromatic N) is 4. The first-order valence-electron chi connectivity index (χ1n) is 10.5. The van der Waals surface area contributed by atoms with Crippen molar-refractivity contribution in [1.29, 1.82) is 0 Å². The Labute approximate surface area is 190 Å². The summed E-state index contributed by atoms with van der Waals surface area (Å²) in [5.41, 5.74) is 2.79. The number of carbonyl (C=O) groups is 2. The Morgan fingerprint density at radius 3 is 2.52 bits per heavy atom. The maximum Gasteiger partial charge on any atom is 0.255 e. The number of benzene rings is 2. The van der Waals surface area contributed by atoms with E-state index in [0.29, 0.717) is 36.0 Å². The van der Waals surface area contributed by atoms with E-state index in [0.717, 1.165) is 11.0 Å². The van der Waals surface area contributed by atoms with E-state index in [1.54, 1.807) is 41.3 Å². The van der Waals surface area contributed by atoms with Gasteiger partial charge in [-0.15, -0.1) is 0 Å². The van der Waals surface area contributed by atoms with Gasteiger partial charge in [0.25, 0.3) is 5.91 Å². The maximum atomic E-state index is 12.3. The number of carbonyl (C=O) groups excluding carboxylic acids is 2. The Morgan fingerprint density at radius 1 is 1.03 bits per heavy atom. The number of amides is 2. The first kappa shape index (κ1) is 20.4. The molecule has 0 aliphatic carbocycles. The molecule has 3 heterocycles. The molecule has 0 saturated carbocycles. The fourth-order valence-corrected chi connectivity index (χ4v) is 3.80. The smallest absolute Gasteiger partial charge is 0.255 e. The molecule has 0 atom stereocenters. The molecule has 164 valence electrons. The molecule has 5 rings (SSSR count). The van der Waals surface area contributed by atoms with Crippen molar-refractivity contribution in [2.45, 2.75) is 6.04 Å². The summed E-state index contributed by atoms with van der Waals surface area (Å²) in [7, 11) is 0. The van der Waals surface area contributed by atoms with Crippen LogP contribution in [0.15, 0.2) is 85.8 Å². The van der Waals surface area contributed by atoms with Crippen LogP contribution >= 0.6 is 0 Å². The quantitative estimate of drug-likeness (QED) is 0.458. The SMILES string of the molecule is C=CC(=O)N1CC(n2ccc3ncnc(Oc4ccc(NC(=O)c5ccccc5)cc4)c32)C1. The average molecular weight is 439 g/mol. The summed E-state index contributed by atoms with van der Waals surface area (Å²) in [6, 6.07) is 18.2. The van der Waals surface area contributed by atoms with E-state index in [-0.39, 0.29) is 17.9 Å². The highest BCUT2D eigenvalue weighted by Gasteiger charge is 2.32. The van der Waals surface area contributed by atoms with Gasteiger partial charge < -0.3 is 19.5 Å². The number of ether oxygens (including phenoxy) is 1. The molecule has 8 heteroatoms. The zero-order valence-electron chi connectivity index (χ0n) is 17.7. The molecule has 1 fully saturated rings. The van der Waals surface area contributed by atoms with Gasteiger partial charge in [-0.05, 0) is 48.5 Å². The van der Waals surface area contributed by atoms with Gasteiger partial charge in [-0.1, -0.05) is 24.8 Å². The van der Waals surface area contributed by atoms with Gasteiger partial charge in [0.1, 0.15) is 17.6 Å². The number of aromatic nitrogens is 3. The third-order valence-electron chi connectivity index (χ3n) is 5.57. The van der Waals surface area contributed by atoms with Crippen LogP contribution in [0.3, 0.4) is 0 Å². The molecule has 2 aromatic carbocycles. The highest BCUT2D eigenvalue weighted by Crippen LogP contribution is 2.33. The van der Waals surface area contributed by atoms with E-state index in [1.807, 2.05) is 35.0 Å². The summed E-state index contributed by atoms with van der Waals surface area (Å²) in [6.07, 6.45) is 4.73. The van der Waals surface area contributed by atoms with E-state index in [9.17, 15) is 9.59 Å². The lowest BCUT2D eigenvalue weighted by Gasteiger charge is -2.39. The summed E-state index contributed by atoms with van der Waals surface area (Å²) in [6.45, 7) is 4.73. The molecular formula is C25H21N5O3. The third kappa shape index (κ3) is 4.06. The summed E-state index contributed by atoms with van der Waals surface area (Å²) in [5.74, 6) is 0.760. The summed E-state index contributed by atoms with van der Waals surface area (Å²) in [5, 5.41) is 2.87. The van der Waals surface area contributed by atoms with Crippen LogP contribution < -0.4 is 10.1 Å². The predicted molar refractivity (Wildman–Crippen MR) is 124 cm³/mol. The van der Waals surface area contributed by atoms with Crippen molar-refractivity contribution in [3.63, 3.8) is 0 Å². The lowest BCUT2D eigenvalue weighted by molar-refractivity contribution is -0.131. The molecule has 1 N–H and O–H groups in total. The number of nitrogens with one attached hydrogen (secondary N) is 1. The van der Waals surface area contributed by atoms with E-state index in [2.05, 4.69) is 21.9 Å². The van der Waals surface area contributed by atoms with Crippen molar-refractivity contribution in [3.05, 3.63) is 91.4 Å². The molecule has 2 amide bonds. The second-order valence-corrected chi connectivity index (χ2v) is 7.68. The first-order chi connectivity index (χ1) is 16.1. The van der Waals surface area contributed by atoms with Crippen molar-refractivity contribution < 1.29 is 14.3 Å². The second-order valence-electron chi connectivity index (χ2n) is 7.68. The minimum Gasteiger partial charge on any atom is -0.437 e. The first-order valence-corrected chi connectivity index (χ1v) is 10.5. The Hall–Kier alpha value is -4.46. The minimum absolute atomic E-state index is 0.0742. The van der Waals surface area contributed by atoms with E-state index < -0.39 is 0 Å². The largest absolute Gasteiger partial charge is 0.437 e. The zero-order chi connectivity index (χ0) is 22.8. The van der Waals surface area contributed by atoms with Crippen molar-refractivity contribution in [3.8, 4) is 11.6 Å². The highest BCUT2D eigenvalue weighted by molar-refractivity contribution is 6.04. The maximum absolute atomic E-state index is 12.3. The van der Waals surface area contributed by atoms with E-state index in [4.69, 9.17) is 4.74 Å². The molecule has 0 unspecified atom stereocenters. The third-order valence-corrected chi connectivity index (χ3v) is 5.57. The Kier molecular flexibility index (Phi) is 5.32. The topological polar surface area (TPSA) is 89.3 Å². The van der Waals surface area contributed by atoms with Gasteiger partial charge in [-0.3, -0.25) is 9.59 Å².